The summed E-state index contributed by atoms with van der Waals surface area (Å²) in [6.07, 6.45) is 2.82. The molecule has 0 amide bonds. The fourth-order valence-electron chi connectivity index (χ4n) is 1.70. The molecule has 0 spiro atoms. The lowest BCUT2D eigenvalue weighted by atomic mass is 10.2. The summed E-state index contributed by atoms with van der Waals surface area (Å²) in [5.41, 5.74) is 2.49. The Morgan fingerprint density at radius 3 is 2.65 bits per heavy atom. The van der Waals surface area contributed by atoms with Crippen molar-refractivity contribution in [1.29, 1.82) is 0 Å². The molecule has 0 saturated heterocycles. The van der Waals surface area contributed by atoms with Crippen LogP contribution in [0.2, 0.25) is 5.02 Å². The zero-order chi connectivity index (χ0) is 12.1. The predicted octanol–water partition coefficient (Wildman–Crippen LogP) is 2.41. The van der Waals surface area contributed by atoms with Crippen LogP contribution in [0.4, 0.5) is 0 Å². The van der Waals surface area contributed by atoms with E-state index >= 15 is 0 Å². The number of aryl methyl sites for hydroxylation is 1. The van der Waals surface area contributed by atoms with Crippen LogP contribution < -0.4 is 5.32 Å². The van der Waals surface area contributed by atoms with E-state index in [-0.39, 0.29) is 0 Å². The second kappa shape index (κ2) is 5.84. The van der Waals surface area contributed by atoms with Crippen LogP contribution in [-0.4, -0.2) is 16.3 Å². The van der Waals surface area contributed by atoms with Crippen LogP contribution in [-0.2, 0) is 20.0 Å². The third-order valence-corrected chi connectivity index (χ3v) is 2.97. The maximum atomic E-state index is 5.83. The molecule has 0 bridgehead atoms. The zero-order valence-electron chi connectivity index (χ0n) is 9.86. The third kappa shape index (κ3) is 3.58. The molecule has 0 aliphatic carbocycles. The van der Waals surface area contributed by atoms with Crippen LogP contribution in [0.5, 0.6) is 0 Å². The van der Waals surface area contributed by atoms with Gasteiger partial charge < -0.3 is 5.32 Å². The van der Waals surface area contributed by atoms with Crippen molar-refractivity contribution in [1.82, 2.24) is 15.1 Å². The maximum absolute atomic E-state index is 5.83. The number of halogens is 1. The first kappa shape index (κ1) is 12.1. The Hall–Kier alpha value is -1.32. The molecule has 0 fully saturated rings. The first-order valence-electron chi connectivity index (χ1n) is 5.68. The van der Waals surface area contributed by atoms with Gasteiger partial charge >= 0.3 is 0 Å². The molecule has 1 N–H and O–H groups in total. The van der Waals surface area contributed by atoms with Crippen molar-refractivity contribution >= 4 is 11.6 Å². The third-order valence-electron chi connectivity index (χ3n) is 2.72. The molecular weight excluding hydrogens is 234 g/mol. The molecule has 1 aromatic carbocycles. The summed E-state index contributed by atoms with van der Waals surface area (Å²) in [4.78, 5) is 0. The van der Waals surface area contributed by atoms with Gasteiger partial charge in [0.2, 0.25) is 0 Å². The van der Waals surface area contributed by atoms with Gasteiger partial charge in [0.1, 0.15) is 0 Å². The number of benzene rings is 1. The summed E-state index contributed by atoms with van der Waals surface area (Å²) < 4.78 is 1.91. The number of hydrogen-bond donors (Lipinski definition) is 1. The van der Waals surface area contributed by atoms with E-state index < -0.39 is 0 Å². The summed E-state index contributed by atoms with van der Waals surface area (Å²) in [6, 6.07) is 9.96. The molecule has 2 rings (SSSR count). The van der Waals surface area contributed by atoms with Crippen LogP contribution in [0.1, 0.15) is 11.3 Å². The van der Waals surface area contributed by atoms with Crippen LogP contribution in [0.3, 0.4) is 0 Å². The lowest BCUT2D eigenvalue weighted by molar-refractivity contribution is 0.643. The van der Waals surface area contributed by atoms with Gasteiger partial charge in [-0.3, -0.25) is 4.68 Å². The Balaban J connectivity index is 1.73. The molecule has 2 aromatic rings. The van der Waals surface area contributed by atoms with Crippen molar-refractivity contribution in [2.75, 3.05) is 6.54 Å². The van der Waals surface area contributed by atoms with Gasteiger partial charge in [-0.1, -0.05) is 23.7 Å². The molecule has 1 heterocycles. The molecule has 1 aromatic heterocycles. The van der Waals surface area contributed by atoms with Gasteiger partial charge in [0.25, 0.3) is 0 Å². The van der Waals surface area contributed by atoms with E-state index in [1.54, 1.807) is 0 Å². The molecule has 17 heavy (non-hydrogen) atoms. The number of aromatic nitrogens is 2. The minimum absolute atomic E-state index is 0.781. The van der Waals surface area contributed by atoms with Crippen molar-refractivity contribution in [3.8, 4) is 0 Å². The minimum atomic E-state index is 0.781. The minimum Gasteiger partial charge on any atom is -0.312 e. The highest BCUT2D eigenvalue weighted by Crippen LogP contribution is 2.09. The quantitative estimate of drug-likeness (QED) is 0.825. The Morgan fingerprint density at radius 2 is 2.00 bits per heavy atom. The lowest BCUT2D eigenvalue weighted by Gasteiger charge is -2.05. The van der Waals surface area contributed by atoms with Crippen LogP contribution in [0.25, 0.3) is 0 Å². The number of nitrogens with zero attached hydrogens (tertiary/aromatic N) is 2. The molecule has 3 nitrogen and oxygen atoms in total. The highest BCUT2D eigenvalue weighted by molar-refractivity contribution is 6.30. The predicted molar refractivity (Wildman–Crippen MR) is 70.1 cm³/mol. The molecule has 90 valence electrons. The number of rotatable bonds is 5. The molecule has 0 unspecified atom stereocenters. The monoisotopic (exact) mass is 249 g/mol. The lowest BCUT2D eigenvalue weighted by Crippen LogP contribution is -2.17. The molecule has 0 saturated carbocycles. The largest absolute Gasteiger partial charge is 0.312 e. The summed E-state index contributed by atoms with van der Waals surface area (Å²) in [5.74, 6) is 0. The summed E-state index contributed by atoms with van der Waals surface area (Å²) in [5, 5.41) is 8.32. The molecule has 4 heteroatoms. The van der Waals surface area contributed by atoms with Crippen molar-refractivity contribution in [3.05, 3.63) is 52.8 Å². The first-order valence-corrected chi connectivity index (χ1v) is 6.05. The van der Waals surface area contributed by atoms with Gasteiger partial charge in [0.15, 0.2) is 0 Å². The van der Waals surface area contributed by atoms with Gasteiger partial charge in [0.05, 0.1) is 0 Å². The molecular formula is C13H16ClN3. The highest BCUT2D eigenvalue weighted by atomic mass is 35.5. The second-order valence-corrected chi connectivity index (χ2v) is 4.44. The molecule has 0 aliphatic heterocycles. The molecule has 0 atom stereocenters. The van der Waals surface area contributed by atoms with E-state index in [4.69, 9.17) is 11.6 Å². The van der Waals surface area contributed by atoms with Crippen LogP contribution in [0.15, 0.2) is 36.5 Å². The summed E-state index contributed by atoms with van der Waals surface area (Å²) in [6.45, 7) is 1.82. The van der Waals surface area contributed by atoms with E-state index in [0.29, 0.717) is 0 Å². The van der Waals surface area contributed by atoms with Crippen molar-refractivity contribution in [2.45, 2.75) is 13.0 Å². The number of nitrogens with one attached hydrogen (secondary N) is 1. The normalized spacial score (nSPS) is 10.7. The van der Waals surface area contributed by atoms with Gasteiger partial charge in [-0.15, -0.1) is 0 Å². The van der Waals surface area contributed by atoms with E-state index in [9.17, 15) is 0 Å². The van der Waals surface area contributed by atoms with Crippen molar-refractivity contribution < 1.29 is 0 Å². The Kier molecular flexibility index (Phi) is 4.18. The fraction of sp³-hybridized carbons (Fsp3) is 0.308. The SMILES string of the molecule is Cn1nccc1CCNCc1ccc(Cl)cc1. The first-order chi connectivity index (χ1) is 8.25. The molecule has 0 aliphatic rings. The Bertz CT molecular complexity index is 462. The van der Waals surface area contributed by atoms with Crippen LogP contribution in [0, 0.1) is 0 Å². The fourth-order valence-corrected chi connectivity index (χ4v) is 1.82. The second-order valence-electron chi connectivity index (χ2n) is 4.00. The summed E-state index contributed by atoms with van der Waals surface area (Å²) >= 11 is 5.83. The van der Waals surface area contributed by atoms with Gasteiger partial charge in [0, 0.05) is 43.5 Å². The Morgan fingerprint density at radius 1 is 1.24 bits per heavy atom. The average molecular weight is 250 g/mol. The van der Waals surface area contributed by atoms with Gasteiger partial charge in [-0.25, -0.2) is 0 Å². The number of hydrogen-bond acceptors (Lipinski definition) is 2. The van der Waals surface area contributed by atoms with E-state index in [2.05, 4.69) is 10.4 Å². The van der Waals surface area contributed by atoms with E-state index in [0.717, 1.165) is 24.5 Å². The van der Waals surface area contributed by atoms with Crippen molar-refractivity contribution in [3.63, 3.8) is 0 Å². The van der Waals surface area contributed by atoms with E-state index in [1.807, 2.05) is 48.3 Å². The smallest absolute Gasteiger partial charge is 0.0492 e. The zero-order valence-corrected chi connectivity index (χ0v) is 10.6. The molecule has 0 radical (unpaired) electrons. The van der Waals surface area contributed by atoms with E-state index in [1.165, 1.54) is 11.3 Å². The standard InChI is InChI=1S/C13H16ClN3/c1-17-13(7-9-16-17)6-8-15-10-11-2-4-12(14)5-3-11/h2-5,7,9,15H,6,8,10H2,1H3. The Labute approximate surface area is 106 Å². The van der Waals surface area contributed by atoms with Crippen molar-refractivity contribution in [2.24, 2.45) is 7.05 Å². The topological polar surface area (TPSA) is 29.9 Å². The highest BCUT2D eigenvalue weighted by Gasteiger charge is 1.98. The maximum Gasteiger partial charge on any atom is 0.0492 e. The summed E-state index contributed by atoms with van der Waals surface area (Å²) in [7, 11) is 1.97. The van der Waals surface area contributed by atoms with Gasteiger partial charge in [-0.05, 0) is 23.8 Å². The van der Waals surface area contributed by atoms with Crippen LogP contribution >= 0.6 is 11.6 Å². The average Bonchev–Trinajstić information content (AvgIpc) is 2.73. The van der Waals surface area contributed by atoms with Gasteiger partial charge in [-0.2, -0.15) is 5.10 Å².